The van der Waals surface area contributed by atoms with E-state index in [0.29, 0.717) is 0 Å². The Morgan fingerprint density at radius 3 is 2.52 bits per heavy atom. The van der Waals surface area contributed by atoms with Gasteiger partial charge in [-0.2, -0.15) is 10.7 Å². The average Bonchev–Trinajstić information content (AvgIpc) is 3.28. The van der Waals surface area contributed by atoms with Gasteiger partial charge >= 0.3 is 0 Å². The molecule has 1 aliphatic carbocycles. The van der Waals surface area contributed by atoms with E-state index in [9.17, 15) is 5.26 Å². The van der Waals surface area contributed by atoms with Crippen molar-refractivity contribution in [2.45, 2.75) is 38.1 Å². The standard InChI is InChI=1S/C17H23N3O/c1-13(11-14(2)21-19-3)20(4)16-7-5-15(6-8-16)17(12-18)9-10-17/h5-8,11,13,19H,9-10H2,1-4H3/b14-11-. The topological polar surface area (TPSA) is 48.3 Å². The summed E-state index contributed by atoms with van der Waals surface area (Å²) in [5, 5.41) is 9.24. The van der Waals surface area contributed by atoms with Gasteiger partial charge in [0.2, 0.25) is 0 Å². The van der Waals surface area contributed by atoms with E-state index in [-0.39, 0.29) is 11.5 Å². The van der Waals surface area contributed by atoms with Crippen molar-refractivity contribution in [1.29, 1.82) is 5.26 Å². The minimum Gasteiger partial charge on any atom is -0.414 e. The number of hydroxylamine groups is 1. The van der Waals surface area contributed by atoms with E-state index in [1.54, 1.807) is 7.05 Å². The normalized spacial score (nSPS) is 17.8. The molecule has 1 aromatic rings. The quantitative estimate of drug-likeness (QED) is 0.644. The van der Waals surface area contributed by atoms with Gasteiger partial charge in [-0.25, -0.2) is 0 Å². The first-order valence-corrected chi connectivity index (χ1v) is 7.29. The summed E-state index contributed by atoms with van der Waals surface area (Å²) in [7, 11) is 3.80. The van der Waals surface area contributed by atoms with Gasteiger partial charge in [-0.15, -0.1) is 0 Å². The molecule has 112 valence electrons. The minimum absolute atomic E-state index is 0.208. The van der Waals surface area contributed by atoms with E-state index in [2.05, 4.69) is 60.8 Å². The Bertz CT molecular complexity index is 552. The van der Waals surface area contributed by atoms with Gasteiger partial charge in [-0.3, -0.25) is 0 Å². The summed E-state index contributed by atoms with van der Waals surface area (Å²) in [4.78, 5) is 7.41. The van der Waals surface area contributed by atoms with E-state index in [1.165, 1.54) is 0 Å². The predicted octanol–water partition coefficient (Wildman–Crippen LogP) is 3.12. The van der Waals surface area contributed by atoms with Crippen LogP contribution < -0.4 is 10.4 Å². The molecule has 0 saturated heterocycles. The summed E-state index contributed by atoms with van der Waals surface area (Å²) in [6.07, 6.45) is 4.03. The lowest BCUT2D eigenvalue weighted by molar-refractivity contribution is 0.127. The number of nitrogens with one attached hydrogen (secondary N) is 1. The van der Waals surface area contributed by atoms with E-state index in [0.717, 1.165) is 29.9 Å². The van der Waals surface area contributed by atoms with Gasteiger partial charge in [0.25, 0.3) is 0 Å². The Kier molecular flexibility index (Phi) is 4.54. The fraction of sp³-hybridized carbons (Fsp3) is 0.471. The summed E-state index contributed by atoms with van der Waals surface area (Å²) in [6, 6.07) is 11.0. The second-order valence-corrected chi connectivity index (χ2v) is 5.68. The lowest BCUT2D eigenvalue weighted by Gasteiger charge is -2.25. The minimum atomic E-state index is -0.208. The van der Waals surface area contributed by atoms with Crippen LogP contribution in [0.2, 0.25) is 0 Å². The molecular weight excluding hydrogens is 262 g/mol. The van der Waals surface area contributed by atoms with Crippen LogP contribution in [-0.2, 0) is 10.3 Å². The average molecular weight is 285 g/mol. The van der Waals surface area contributed by atoms with Crippen molar-refractivity contribution in [3.63, 3.8) is 0 Å². The lowest BCUT2D eigenvalue weighted by Crippen LogP contribution is -2.27. The molecule has 1 unspecified atom stereocenters. The van der Waals surface area contributed by atoms with Gasteiger partial charge in [-0.1, -0.05) is 12.1 Å². The van der Waals surface area contributed by atoms with Crippen LogP contribution in [0.25, 0.3) is 0 Å². The molecule has 4 nitrogen and oxygen atoms in total. The third kappa shape index (κ3) is 3.37. The first-order valence-electron chi connectivity index (χ1n) is 7.29. The number of allylic oxidation sites excluding steroid dienone is 1. The smallest absolute Gasteiger partial charge is 0.119 e. The van der Waals surface area contributed by atoms with Gasteiger partial charge in [-0.05, 0) is 50.5 Å². The molecule has 0 amide bonds. The Morgan fingerprint density at radius 1 is 1.43 bits per heavy atom. The highest BCUT2D eigenvalue weighted by Crippen LogP contribution is 2.47. The molecule has 0 radical (unpaired) electrons. The van der Waals surface area contributed by atoms with Crippen molar-refractivity contribution >= 4 is 5.69 Å². The summed E-state index contributed by atoms with van der Waals surface area (Å²) < 4.78 is 0. The maximum atomic E-state index is 9.24. The molecule has 0 spiro atoms. The zero-order valence-electron chi connectivity index (χ0n) is 13.2. The van der Waals surface area contributed by atoms with Crippen LogP contribution in [-0.4, -0.2) is 20.1 Å². The van der Waals surface area contributed by atoms with Crippen LogP contribution in [0.5, 0.6) is 0 Å². The van der Waals surface area contributed by atoms with E-state index >= 15 is 0 Å². The van der Waals surface area contributed by atoms with Gasteiger partial charge in [0, 0.05) is 25.8 Å². The number of likely N-dealkylation sites (N-methyl/N-ethyl adjacent to an activating group) is 1. The number of benzene rings is 1. The fourth-order valence-corrected chi connectivity index (χ4v) is 2.49. The van der Waals surface area contributed by atoms with Crippen LogP contribution in [0.15, 0.2) is 36.1 Å². The van der Waals surface area contributed by atoms with Gasteiger partial charge < -0.3 is 9.74 Å². The van der Waals surface area contributed by atoms with Crippen LogP contribution in [0.4, 0.5) is 5.69 Å². The Hall–Kier alpha value is -1.99. The molecule has 1 atom stereocenters. The number of nitriles is 1. The molecule has 0 bridgehead atoms. The number of hydrogen-bond donors (Lipinski definition) is 1. The largest absolute Gasteiger partial charge is 0.414 e. The number of anilines is 1. The van der Waals surface area contributed by atoms with Crippen LogP contribution >= 0.6 is 0 Å². The maximum Gasteiger partial charge on any atom is 0.119 e. The van der Waals surface area contributed by atoms with E-state index in [4.69, 9.17) is 4.84 Å². The van der Waals surface area contributed by atoms with Crippen molar-refractivity contribution in [3.05, 3.63) is 41.7 Å². The fourth-order valence-electron chi connectivity index (χ4n) is 2.49. The number of hydrogen-bond acceptors (Lipinski definition) is 4. The molecule has 1 saturated carbocycles. The monoisotopic (exact) mass is 285 g/mol. The molecule has 1 aromatic carbocycles. The van der Waals surface area contributed by atoms with Crippen LogP contribution in [0, 0.1) is 11.3 Å². The molecule has 2 rings (SSSR count). The van der Waals surface area contributed by atoms with Gasteiger partial charge in [0.1, 0.15) is 5.76 Å². The van der Waals surface area contributed by atoms with Gasteiger partial charge in [0.05, 0.1) is 11.5 Å². The highest BCUT2D eigenvalue weighted by Gasteiger charge is 2.44. The highest BCUT2D eigenvalue weighted by atomic mass is 16.6. The molecule has 0 heterocycles. The first-order chi connectivity index (χ1) is 10.0. The van der Waals surface area contributed by atoms with Crippen molar-refractivity contribution in [2.24, 2.45) is 0 Å². The Balaban J connectivity index is 2.08. The second kappa shape index (κ2) is 6.19. The van der Waals surface area contributed by atoms with Crippen molar-refractivity contribution in [2.75, 3.05) is 19.0 Å². The third-order valence-electron chi connectivity index (χ3n) is 4.14. The number of nitrogens with zero attached hydrogens (tertiary/aromatic N) is 2. The van der Waals surface area contributed by atoms with E-state index < -0.39 is 0 Å². The second-order valence-electron chi connectivity index (χ2n) is 5.68. The van der Waals surface area contributed by atoms with E-state index in [1.807, 2.05) is 6.92 Å². The first kappa shape index (κ1) is 15.4. The van der Waals surface area contributed by atoms with Crippen molar-refractivity contribution in [1.82, 2.24) is 5.48 Å². The molecular formula is C17H23N3O. The van der Waals surface area contributed by atoms with Crippen LogP contribution in [0.3, 0.4) is 0 Å². The zero-order valence-corrected chi connectivity index (χ0v) is 13.2. The predicted molar refractivity (Wildman–Crippen MR) is 84.7 cm³/mol. The highest BCUT2D eigenvalue weighted by molar-refractivity contribution is 5.51. The molecule has 21 heavy (non-hydrogen) atoms. The summed E-state index contributed by atoms with van der Waals surface area (Å²) in [5.41, 5.74) is 4.73. The molecule has 1 fully saturated rings. The Labute approximate surface area is 127 Å². The summed E-state index contributed by atoms with van der Waals surface area (Å²) >= 11 is 0. The maximum absolute atomic E-state index is 9.24. The van der Waals surface area contributed by atoms with Crippen molar-refractivity contribution < 1.29 is 4.84 Å². The lowest BCUT2D eigenvalue weighted by atomic mass is 9.97. The molecule has 1 N–H and O–H groups in total. The summed E-state index contributed by atoms with van der Waals surface area (Å²) in [5.74, 6) is 0.842. The summed E-state index contributed by atoms with van der Waals surface area (Å²) in [6.45, 7) is 4.04. The van der Waals surface area contributed by atoms with Gasteiger partial charge in [0.15, 0.2) is 0 Å². The molecule has 0 aliphatic heterocycles. The van der Waals surface area contributed by atoms with Crippen LogP contribution in [0.1, 0.15) is 32.3 Å². The number of rotatable bonds is 6. The zero-order chi connectivity index (χ0) is 15.5. The molecule has 4 heteroatoms. The third-order valence-corrected chi connectivity index (χ3v) is 4.14. The van der Waals surface area contributed by atoms with Crippen molar-refractivity contribution in [3.8, 4) is 6.07 Å². The SMILES string of the molecule is CNO/C(C)=C\C(C)N(C)c1ccc(C2(C#N)CC2)cc1. The Morgan fingerprint density at radius 2 is 2.05 bits per heavy atom. The molecule has 1 aliphatic rings. The molecule has 0 aromatic heterocycles.